The van der Waals surface area contributed by atoms with Gasteiger partial charge in [0, 0.05) is 12.5 Å². The van der Waals surface area contributed by atoms with E-state index in [9.17, 15) is 4.79 Å². The molecule has 2 saturated heterocycles. The fourth-order valence-electron chi connectivity index (χ4n) is 3.28. The molecule has 1 atom stereocenters. The molecule has 0 saturated carbocycles. The predicted molar refractivity (Wildman–Crippen MR) is 94.5 cm³/mol. The Bertz CT molecular complexity index is 521. The second-order valence-corrected chi connectivity index (χ2v) is 6.53. The van der Waals surface area contributed by atoms with E-state index in [4.69, 9.17) is 16.3 Å². The van der Waals surface area contributed by atoms with Crippen LogP contribution in [0.15, 0.2) is 24.3 Å². The number of hydrogen-bond donors (Lipinski definition) is 1. The first-order chi connectivity index (χ1) is 10.7. The SMILES string of the molecule is Cl.O=C(C1CCNCC1)N1CCCC(Oc2ccccc2Cl)C1. The van der Waals surface area contributed by atoms with Crippen LogP contribution in [0, 0.1) is 5.92 Å². The molecule has 0 radical (unpaired) electrons. The van der Waals surface area contributed by atoms with E-state index in [1.54, 1.807) is 0 Å². The van der Waals surface area contributed by atoms with E-state index in [0.29, 0.717) is 23.2 Å². The highest BCUT2D eigenvalue weighted by Crippen LogP contribution is 2.27. The maximum absolute atomic E-state index is 12.6. The van der Waals surface area contributed by atoms with Crippen molar-refractivity contribution in [2.24, 2.45) is 5.92 Å². The van der Waals surface area contributed by atoms with Crippen LogP contribution in [-0.2, 0) is 4.79 Å². The molecule has 2 fully saturated rings. The largest absolute Gasteiger partial charge is 0.487 e. The van der Waals surface area contributed by atoms with Crippen molar-refractivity contribution in [3.8, 4) is 5.75 Å². The molecule has 0 aromatic heterocycles. The van der Waals surface area contributed by atoms with E-state index in [2.05, 4.69) is 5.32 Å². The summed E-state index contributed by atoms with van der Waals surface area (Å²) in [5.41, 5.74) is 0. The van der Waals surface area contributed by atoms with Gasteiger partial charge >= 0.3 is 0 Å². The Morgan fingerprint density at radius 3 is 2.70 bits per heavy atom. The molecule has 6 heteroatoms. The molecule has 4 nitrogen and oxygen atoms in total. The molecule has 3 rings (SSSR count). The molecule has 1 aromatic rings. The number of para-hydroxylation sites is 1. The van der Waals surface area contributed by atoms with Gasteiger partial charge in [-0.3, -0.25) is 4.79 Å². The van der Waals surface area contributed by atoms with Gasteiger partial charge in [0.05, 0.1) is 11.6 Å². The second kappa shape index (κ2) is 8.76. The van der Waals surface area contributed by atoms with Crippen molar-refractivity contribution in [3.63, 3.8) is 0 Å². The standard InChI is InChI=1S/C17H23ClN2O2.ClH/c18-15-5-1-2-6-16(15)22-14-4-3-11-20(12-14)17(21)13-7-9-19-10-8-13;/h1-2,5-6,13-14,19H,3-4,7-12H2;1H. The number of hydrogen-bond acceptors (Lipinski definition) is 3. The van der Waals surface area contributed by atoms with Gasteiger partial charge in [0.1, 0.15) is 11.9 Å². The summed E-state index contributed by atoms with van der Waals surface area (Å²) in [7, 11) is 0. The van der Waals surface area contributed by atoms with Crippen LogP contribution in [0.1, 0.15) is 25.7 Å². The van der Waals surface area contributed by atoms with Gasteiger partial charge in [-0.1, -0.05) is 23.7 Å². The molecule has 0 aliphatic carbocycles. The smallest absolute Gasteiger partial charge is 0.225 e. The normalized spacial score (nSPS) is 22.3. The third-order valence-electron chi connectivity index (χ3n) is 4.51. The highest BCUT2D eigenvalue weighted by Gasteiger charge is 2.30. The molecule has 2 heterocycles. The Morgan fingerprint density at radius 2 is 1.96 bits per heavy atom. The van der Waals surface area contributed by atoms with Crippen LogP contribution in [0.3, 0.4) is 0 Å². The van der Waals surface area contributed by atoms with Crippen molar-refractivity contribution in [2.75, 3.05) is 26.2 Å². The lowest BCUT2D eigenvalue weighted by Crippen LogP contribution is -2.48. The summed E-state index contributed by atoms with van der Waals surface area (Å²) in [4.78, 5) is 14.6. The minimum Gasteiger partial charge on any atom is -0.487 e. The lowest BCUT2D eigenvalue weighted by Gasteiger charge is -2.36. The van der Waals surface area contributed by atoms with E-state index in [-0.39, 0.29) is 24.4 Å². The molecule has 0 bridgehead atoms. The van der Waals surface area contributed by atoms with Crippen molar-refractivity contribution < 1.29 is 9.53 Å². The maximum Gasteiger partial charge on any atom is 0.225 e. The zero-order chi connectivity index (χ0) is 15.4. The molecule has 1 unspecified atom stereocenters. The number of carbonyl (C=O) groups is 1. The first-order valence-corrected chi connectivity index (χ1v) is 8.52. The average molecular weight is 359 g/mol. The molecule has 2 aliphatic heterocycles. The predicted octanol–water partition coefficient (Wildman–Crippen LogP) is 3.13. The van der Waals surface area contributed by atoms with Gasteiger partial charge in [0.2, 0.25) is 5.91 Å². The van der Waals surface area contributed by atoms with E-state index in [0.717, 1.165) is 45.3 Å². The zero-order valence-electron chi connectivity index (χ0n) is 13.2. The third kappa shape index (κ3) is 4.75. The summed E-state index contributed by atoms with van der Waals surface area (Å²) in [5.74, 6) is 1.19. The quantitative estimate of drug-likeness (QED) is 0.902. The minimum absolute atomic E-state index is 0. The first-order valence-electron chi connectivity index (χ1n) is 8.15. The number of benzene rings is 1. The highest BCUT2D eigenvalue weighted by atomic mass is 35.5. The Balaban J connectivity index is 0.00000192. The Morgan fingerprint density at radius 1 is 1.22 bits per heavy atom. The van der Waals surface area contributed by atoms with Crippen molar-refractivity contribution in [3.05, 3.63) is 29.3 Å². The van der Waals surface area contributed by atoms with Crippen LogP contribution in [0.5, 0.6) is 5.75 Å². The number of rotatable bonds is 3. The first kappa shape index (κ1) is 18.4. The number of piperidine rings is 2. The van der Waals surface area contributed by atoms with Gasteiger partial charge in [-0.05, 0) is 50.9 Å². The number of amides is 1. The van der Waals surface area contributed by atoms with Gasteiger partial charge in [0.15, 0.2) is 0 Å². The van der Waals surface area contributed by atoms with Crippen LogP contribution >= 0.6 is 24.0 Å². The van der Waals surface area contributed by atoms with Gasteiger partial charge < -0.3 is 15.0 Å². The number of likely N-dealkylation sites (tertiary alicyclic amines) is 1. The molecule has 128 valence electrons. The van der Waals surface area contributed by atoms with Crippen LogP contribution in [0.4, 0.5) is 0 Å². The van der Waals surface area contributed by atoms with Crippen molar-refractivity contribution in [1.29, 1.82) is 0 Å². The molecule has 1 N–H and O–H groups in total. The van der Waals surface area contributed by atoms with E-state index >= 15 is 0 Å². The molecule has 23 heavy (non-hydrogen) atoms. The van der Waals surface area contributed by atoms with Crippen molar-refractivity contribution in [1.82, 2.24) is 10.2 Å². The summed E-state index contributed by atoms with van der Waals surface area (Å²) in [6.45, 7) is 3.42. The molecular weight excluding hydrogens is 335 g/mol. The highest BCUT2D eigenvalue weighted by molar-refractivity contribution is 6.32. The lowest BCUT2D eigenvalue weighted by atomic mass is 9.95. The summed E-state index contributed by atoms with van der Waals surface area (Å²) < 4.78 is 6.02. The average Bonchev–Trinajstić information content (AvgIpc) is 2.57. The van der Waals surface area contributed by atoms with Crippen LogP contribution < -0.4 is 10.1 Å². The van der Waals surface area contributed by atoms with Gasteiger partial charge in [-0.2, -0.15) is 0 Å². The minimum atomic E-state index is 0. The van der Waals surface area contributed by atoms with Crippen LogP contribution in [-0.4, -0.2) is 43.1 Å². The molecular formula is C17H24Cl2N2O2. The number of ether oxygens (including phenoxy) is 1. The summed E-state index contributed by atoms with van der Waals surface area (Å²) in [6, 6.07) is 7.53. The van der Waals surface area contributed by atoms with Gasteiger partial charge in [-0.25, -0.2) is 0 Å². The van der Waals surface area contributed by atoms with Crippen molar-refractivity contribution in [2.45, 2.75) is 31.8 Å². The fourth-order valence-corrected chi connectivity index (χ4v) is 3.46. The van der Waals surface area contributed by atoms with Crippen LogP contribution in [0.2, 0.25) is 5.02 Å². The van der Waals surface area contributed by atoms with Crippen molar-refractivity contribution >= 4 is 29.9 Å². The summed E-state index contributed by atoms with van der Waals surface area (Å²) in [5, 5.41) is 3.94. The number of halogens is 2. The molecule has 2 aliphatic rings. The zero-order valence-corrected chi connectivity index (χ0v) is 14.7. The van der Waals surface area contributed by atoms with E-state index in [1.165, 1.54) is 0 Å². The maximum atomic E-state index is 12.6. The summed E-state index contributed by atoms with van der Waals surface area (Å²) >= 11 is 6.15. The molecule has 0 spiro atoms. The third-order valence-corrected chi connectivity index (χ3v) is 4.82. The van der Waals surface area contributed by atoms with Gasteiger partial charge in [-0.15, -0.1) is 12.4 Å². The topological polar surface area (TPSA) is 41.6 Å². The Labute approximate surface area is 148 Å². The number of nitrogens with one attached hydrogen (secondary N) is 1. The number of nitrogens with zero attached hydrogens (tertiary/aromatic N) is 1. The molecule has 1 amide bonds. The van der Waals surface area contributed by atoms with E-state index < -0.39 is 0 Å². The lowest BCUT2D eigenvalue weighted by molar-refractivity contribution is -0.139. The Kier molecular flexibility index (Phi) is 7.00. The Hall–Kier alpha value is -0.970. The van der Waals surface area contributed by atoms with Gasteiger partial charge in [0.25, 0.3) is 0 Å². The monoisotopic (exact) mass is 358 g/mol. The number of carbonyl (C=O) groups excluding carboxylic acids is 1. The fraction of sp³-hybridized carbons (Fsp3) is 0.588. The van der Waals surface area contributed by atoms with Crippen LogP contribution in [0.25, 0.3) is 0 Å². The second-order valence-electron chi connectivity index (χ2n) is 6.12. The summed E-state index contributed by atoms with van der Waals surface area (Å²) in [6.07, 6.45) is 3.91. The van der Waals surface area contributed by atoms with E-state index in [1.807, 2.05) is 29.2 Å². The molecule has 1 aromatic carbocycles.